The molecule has 2 unspecified atom stereocenters. The molecule has 1 aromatic heterocycles. The van der Waals surface area contributed by atoms with Crippen molar-refractivity contribution in [1.82, 2.24) is 4.90 Å². The number of hydrogen-bond donors (Lipinski definition) is 1. The average Bonchev–Trinajstić information content (AvgIpc) is 2.86. The van der Waals surface area contributed by atoms with Gasteiger partial charge in [-0.05, 0) is 31.4 Å². The third-order valence-corrected chi connectivity index (χ3v) is 4.09. The Labute approximate surface area is 120 Å². The lowest BCUT2D eigenvalue weighted by Crippen LogP contribution is -2.51. The molecule has 0 saturated carbocycles. The van der Waals surface area contributed by atoms with E-state index in [0.717, 1.165) is 30.6 Å². The van der Waals surface area contributed by atoms with E-state index in [1.54, 1.807) is 7.11 Å². The summed E-state index contributed by atoms with van der Waals surface area (Å²) in [6.07, 6.45) is 2.63. The summed E-state index contributed by atoms with van der Waals surface area (Å²) >= 11 is 0. The highest BCUT2D eigenvalue weighted by Gasteiger charge is 2.32. The van der Waals surface area contributed by atoms with Crippen molar-refractivity contribution in [3.8, 4) is 0 Å². The van der Waals surface area contributed by atoms with Gasteiger partial charge in [-0.15, -0.1) is 0 Å². The van der Waals surface area contributed by atoms with Crippen LogP contribution in [0.4, 0.5) is 0 Å². The van der Waals surface area contributed by atoms with Gasteiger partial charge in [0.2, 0.25) is 0 Å². The molecule has 5 heteroatoms. The van der Waals surface area contributed by atoms with Gasteiger partial charge in [0.05, 0.1) is 6.10 Å². The minimum absolute atomic E-state index is 0.0247. The molecule has 2 rings (SSSR count). The Kier molecular flexibility index (Phi) is 4.83. The van der Waals surface area contributed by atoms with Crippen LogP contribution >= 0.6 is 0 Å². The predicted octanol–water partition coefficient (Wildman–Crippen LogP) is 1.73. The number of nitrogens with two attached hydrogens (primary N) is 1. The zero-order valence-electron chi connectivity index (χ0n) is 12.5. The zero-order valence-corrected chi connectivity index (χ0v) is 12.5. The van der Waals surface area contributed by atoms with E-state index in [1.807, 2.05) is 24.8 Å². The van der Waals surface area contributed by atoms with E-state index in [-0.39, 0.29) is 18.1 Å². The van der Waals surface area contributed by atoms with Crippen molar-refractivity contribution in [2.45, 2.75) is 45.3 Å². The van der Waals surface area contributed by atoms with Crippen LogP contribution in [0.25, 0.3) is 0 Å². The summed E-state index contributed by atoms with van der Waals surface area (Å²) in [7, 11) is 1.71. The third kappa shape index (κ3) is 2.88. The summed E-state index contributed by atoms with van der Waals surface area (Å²) in [5, 5.41) is 0. The van der Waals surface area contributed by atoms with Crippen LogP contribution in [0.1, 0.15) is 41.6 Å². The highest BCUT2D eigenvalue weighted by molar-refractivity contribution is 5.92. The van der Waals surface area contributed by atoms with Crippen LogP contribution < -0.4 is 5.73 Å². The molecule has 1 fully saturated rings. The molecule has 1 saturated heterocycles. The highest BCUT2D eigenvalue weighted by atomic mass is 16.5. The van der Waals surface area contributed by atoms with Crippen molar-refractivity contribution in [2.24, 2.45) is 5.73 Å². The molecule has 1 aliphatic heterocycles. The Morgan fingerprint density at radius 1 is 1.60 bits per heavy atom. The van der Waals surface area contributed by atoms with Gasteiger partial charge >= 0.3 is 0 Å². The van der Waals surface area contributed by atoms with Gasteiger partial charge in [-0.3, -0.25) is 4.79 Å². The van der Waals surface area contributed by atoms with E-state index in [9.17, 15) is 4.79 Å². The SMILES string of the molecule is CCc1oc(C(=O)N2CCC(OC)CC2CN)cc1C. The van der Waals surface area contributed by atoms with E-state index in [4.69, 9.17) is 14.9 Å². The van der Waals surface area contributed by atoms with Crippen molar-refractivity contribution < 1.29 is 13.9 Å². The molecular weight excluding hydrogens is 256 g/mol. The lowest BCUT2D eigenvalue weighted by molar-refractivity contribution is 0.0123. The molecule has 2 N–H and O–H groups in total. The summed E-state index contributed by atoms with van der Waals surface area (Å²) in [5.74, 6) is 1.25. The highest BCUT2D eigenvalue weighted by Crippen LogP contribution is 2.23. The molecule has 2 atom stereocenters. The van der Waals surface area contributed by atoms with E-state index < -0.39 is 0 Å². The van der Waals surface area contributed by atoms with Crippen LogP contribution in [-0.4, -0.2) is 43.2 Å². The number of rotatable bonds is 4. The standard InChI is InChI=1S/C15H24N2O3/c1-4-13-10(2)7-14(20-13)15(18)17-6-5-12(19-3)8-11(17)9-16/h7,11-12H,4-6,8-9,16H2,1-3H3. The fourth-order valence-corrected chi connectivity index (χ4v) is 2.84. The number of amides is 1. The monoisotopic (exact) mass is 280 g/mol. The van der Waals surface area contributed by atoms with Gasteiger partial charge in [0, 0.05) is 32.7 Å². The minimum atomic E-state index is -0.0576. The summed E-state index contributed by atoms with van der Waals surface area (Å²) in [6, 6.07) is 1.86. The molecule has 2 heterocycles. The molecule has 0 radical (unpaired) electrons. The number of hydrogen-bond acceptors (Lipinski definition) is 4. The smallest absolute Gasteiger partial charge is 0.289 e. The summed E-state index contributed by atoms with van der Waals surface area (Å²) in [5.41, 5.74) is 6.84. The van der Waals surface area contributed by atoms with Crippen LogP contribution in [0.5, 0.6) is 0 Å². The van der Waals surface area contributed by atoms with Gasteiger partial charge in [0.25, 0.3) is 5.91 Å². The molecular formula is C15H24N2O3. The zero-order chi connectivity index (χ0) is 14.7. The number of methoxy groups -OCH3 is 1. The van der Waals surface area contributed by atoms with Crippen molar-refractivity contribution in [2.75, 3.05) is 20.2 Å². The van der Waals surface area contributed by atoms with Gasteiger partial charge in [-0.1, -0.05) is 6.92 Å². The first-order valence-electron chi connectivity index (χ1n) is 7.23. The topological polar surface area (TPSA) is 68.7 Å². The first kappa shape index (κ1) is 15.1. The molecule has 1 amide bonds. The molecule has 0 bridgehead atoms. The number of furan rings is 1. The molecule has 112 valence electrons. The van der Waals surface area contributed by atoms with Crippen LogP contribution in [0.2, 0.25) is 0 Å². The van der Waals surface area contributed by atoms with Gasteiger partial charge < -0.3 is 19.8 Å². The Morgan fingerprint density at radius 3 is 2.90 bits per heavy atom. The molecule has 5 nitrogen and oxygen atoms in total. The van der Waals surface area contributed by atoms with E-state index in [0.29, 0.717) is 18.8 Å². The normalized spacial score (nSPS) is 23.1. The first-order valence-corrected chi connectivity index (χ1v) is 7.23. The number of carbonyl (C=O) groups excluding carboxylic acids is 1. The van der Waals surface area contributed by atoms with Gasteiger partial charge in [0.1, 0.15) is 5.76 Å². The molecule has 0 spiro atoms. The lowest BCUT2D eigenvalue weighted by Gasteiger charge is -2.38. The Hall–Kier alpha value is -1.33. The van der Waals surface area contributed by atoms with E-state index >= 15 is 0 Å². The van der Waals surface area contributed by atoms with E-state index in [1.165, 1.54) is 0 Å². The maximum absolute atomic E-state index is 12.6. The maximum atomic E-state index is 12.6. The summed E-state index contributed by atoms with van der Waals surface area (Å²) in [4.78, 5) is 14.4. The number of piperidine rings is 1. The number of carbonyl (C=O) groups is 1. The predicted molar refractivity (Wildman–Crippen MR) is 76.7 cm³/mol. The van der Waals surface area contributed by atoms with Crippen LogP contribution in [0, 0.1) is 6.92 Å². The second-order valence-corrected chi connectivity index (χ2v) is 5.34. The summed E-state index contributed by atoms with van der Waals surface area (Å²) < 4.78 is 11.0. The van der Waals surface area contributed by atoms with Crippen molar-refractivity contribution >= 4 is 5.91 Å². The van der Waals surface area contributed by atoms with Crippen LogP contribution in [0.3, 0.4) is 0 Å². The number of aryl methyl sites for hydroxylation is 2. The Bertz CT molecular complexity index is 470. The molecule has 20 heavy (non-hydrogen) atoms. The third-order valence-electron chi connectivity index (χ3n) is 4.09. The number of ether oxygens (including phenoxy) is 1. The fourth-order valence-electron chi connectivity index (χ4n) is 2.84. The average molecular weight is 280 g/mol. The van der Waals surface area contributed by atoms with Gasteiger partial charge in [0.15, 0.2) is 5.76 Å². The van der Waals surface area contributed by atoms with Crippen molar-refractivity contribution in [1.29, 1.82) is 0 Å². The van der Waals surface area contributed by atoms with Crippen LogP contribution in [0.15, 0.2) is 10.5 Å². The molecule has 0 aliphatic carbocycles. The first-order chi connectivity index (χ1) is 9.60. The molecule has 1 aliphatic rings. The van der Waals surface area contributed by atoms with Gasteiger partial charge in [-0.2, -0.15) is 0 Å². The largest absolute Gasteiger partial charge is 0.456 e. The lowest BCUT2D eigenvalue weighted by atomic mass is 9.99. The minimum Gasteiger partial charge on any atom is -0.456 e. The second-order valence-electron chi connectivity index (χ2n) is 5.34. The quantitative estimate of drug-likeness (QED) is 0.912. The molecule has 1 aromatic rings. The van der Waals surface area contributed by atoms with E-state index in [2.05, 4.69) is 0 Å². The van der Waals surface area contributed by atoms with Crippen molar-refractivity contribution in [3.63, 3.8) is 0 Å². The van der Waals surface area contributed by atoms with Gasteiger partial charge in [-0.25, -0.2) is 0 Å². The number of nitrogens with zero attached hydrogens (tertiary/aromatic N) is 1. The summed E-state index contributed by atoms with van der Waals surface area (Å²) in [6.45, 7) is 5.11. The van der Waals surface area contributed by atoms with Crippen molar-refractivity contribution in [3.05, 3.63) is 23.2 Å². The Morgan fingerprint density at radius 2 is 2.35 bits per heavy atom. The fraction of sp³-hybridized carbons (Fsp3) is 0.667. The molecule has 0 aromatic carbocycles. The van der Waals surface area contributed by atoms with Crippen LogP contribution in [-0.2, 0) is 11.2 Å². The second kappa shape index (κ2) is 6.41. The maximum Gasteiger partial charge on any atom is 0.289 e. The number of likely N-dealkylation sites (tertiary alicyclic amines) is 1. The Balaban J connectivity index is 2.14.